The predicted molar refractivity (Wildman–Crippen MR) is 45.0 cm³/mol. The zero-order valence-electron chi connectivity index (χ0n) is 6.84. The molecule has 0 aromatic heterocycles. The number of hydrogen-bond donors (Lipinski definition) is 0. The van der Waals surface area contributed by atoms with Crippen LogP contribution in [0.4, 0.5) is 0 Å². The SMILES string of the molecule is C=CC(C/C=C\CC)OC. The normalized spacial score (nSPS) is 13.8. The summed E-state index contributed by atoms with van der Waals surface area (Å²) in [7, 11) is 1.70. The van der Waals surface area contributed by atoms with E-state index in [2.05, 4.69) is 25.7 Å². The van der Waals surface area contributed by atoms with Crippen molar-refractivity contribution in [3.05, 3.63) is 24.8 Å². The monoisotopic (exact) mass is 140 g/mol. The van der Waals surface area contributed by atoms with Crippen molar-refractivity contribution in [1.82, 2.24) is 0 Å². The maximum atomic E-state index is 5.08. The van der Waals surface area contributed by atoms with Crippen LogP contribution in [0.2, 0.25) is 0 Å². The van der Waals surface area contributed by atoms with E-state index in [9.17, 15) is 0 Å². The van der Waals surface area contributed by atoms with Gasteiger partial charge in [0.2, 0.25) is 0 Å². The van der Waals surface area contributed by atoms with Gasteiger partial charge in [0, 0.05) is 7.11 Å². The van der Waals surface area contributed by atoms with Gasteiger partial charge < -0.3 is 4.74 Å². The van der Waals surface area contributed by atoms with Crippen molar-refractivity contribution in [2.45, 2.75) is 25.9 Å². The molecule has 0 heterocycles. The van der Waals surface area contributed by atoms with E-state index in [-0.39, 0.29) is 6.10 Å². The van der Waals surface area contributed by atoms with Crippen LogP contribution in [0.5, 0.6) is 0 Å². The van der Waals surface area contributed by atoms with Gasteiger partial charge in [0.1, 0.15) is 0 Å². The Labute approximate surface area is 63.4 Å². The first-order valence-electron chi connectivity index (χ1n) is 3.65. The molecule has 10 heavy (non-hydrogen) atoms. The van der Waals surface area contributed by atoms with Gasteiger partial charge in [-0.25, -0.2) is 0 Å². The zero-order valence-corrected chi connectivity index (χ0v) is 6.84. The molecule has 0 radical (unpaired) electrons. The number of methoxy groups -OCH3 is 1. The maximum absolute atomic E-state index is 5.08. The lowest BCUT2D eigenvalue weighted by Gasteiger charge is -2.05. The molecule has 0 N–H and O–H groups in total. The minimum atomic E-state index is 0.183. The molecule has 0 aromatic rings. The van der Waals surface area contributed by atoms with Crippen molar-refractivity contribution in [2.24, 2.45) is 0 Å². The van der Waals surface area contributed by atoms with Gasteiger partial charge >= 0.3 is 0 Å². The van der Waals surface area contributed by atoms with Crippen LogP contribution in [-0.2, 0) is 4.74 Å². The summed E-state index contributed by atoms with van der Waals surface area (Å²) >= 11 is 0. The summed E-state index contributed by atoms with van der Waals surface area (Å²) < 4.78 is 5.08. The van der Waals surface area contributed by atoms with Crippen LogP contribution in [-0.4, -0.2) is 13.2 Å². The second kappa shape index (κ2) is 6.56. The summed E-state index contributed by atoms with van der Waals surface area (Å²) in [6.07, 6.45) is 8.29. The van der Waals surface area contributed by atoms with Crippen molar-refractivity contribution in [1.29, 1.82) is 0 Å². The summed E-state index contributed by atoms with van der Waals surface area (Å²) in [6, 6.07) is 0. The van der Waals surface area contributed by atoms with E-state index in [1.165, 1.54) is 0 Å². The Morgan fingerprint density at radius 3 is 2.60 bits per heavy atom. The molecule has 0 spiro atoms. The third-order valence-electron chi connectivity index (χ3n) is 1.34. The van der Waals surface area contributed by atoms with Gasteiger partial charge in [-0.05, 0) is 12.8 Å². The Morgan fingerprint density at radius 1 is 1.50 bits per heavy atom. The first-order valence-corrected chi connectivity index (χ1v) is 3.65. The second-order valence-electron chi connectivity index (χ2n) is 2.13. The summed E-state index contributed by atoms with van der Waals surface area (Å²) in [5.74, 6) is 0. The van der Waals surface area contributed by atoms with E-state index in [4.69, 9.17) is 4.74 Å². The van der Waals surface area contributed by atoms with E-state index in [1.807, 2.05) is 6.08 Å². The van der Waals surface area contributed by atoms with E-state index < -0.39 is 0 Å². The molecule has 0 bridgehead atoms. The Bertz CT molecular complexity index is 105. The van der Waals surface area contributed by atoms with Crippen LogP contribution >= 0.6 is 0 Å². The van der Waals surface area contributed by atoms with Crippen molar-refractivity contribution in [3.63, 3.8) is 0 Å². The van der Waals surface area contributed by atoms with Crippen LogP contribution in [0.1, 0.15) is 19.8 Å². The van der Waals surface area contributed by atoms with Crippen molar-refractivity contribution >= 4 is 0 Å². The molecule has 0 aliphatic heterocycles. The molecule has 0 aliphatic carbocycles. The number of rotatable bonds is 5. The largest absolute Gasteiger partial charge is 0.377 e. The highest BCUT2D eigenvalue weighted by Crippen LogP contribution is 1.99. The maximum Gasteiger partial charge on any atom is 0.0783 e. The Balaban J connectivity index is 3.43. The van der Waals surface area contributed by atoms with Gasteiger partial charge in [-0.3, -0.25) is 0 Å². The topological polar surface area (TPSA) is 9.23 Å². The average molecular weight is 140 g/mol. The molecule has 0 amide bonds. The Hall–Kier alpha value is -0.560. The molecule has 0 fully saturated rings. The molecule has 1 unspecified atom stereocenters. The minimum absolute atomic E-state index is 0.183. The molecule has 58 valence electrons. The predicted octanol–water partition coefficient (Wildman–Crippen LogP) is 2.54. The highest BCUT2D eigenvalue weighted by atomic mass is 16.5. The molecule has 0 rings (SSSR count). The number of allylic oxidation sites excluding steroid dienone is 1. The molecular formula is C9H16O. The summed E-state index contributed by atoms with van der Waals surface area (Å²) in [5.41, 5.74) is 0. The fourth-order valence-corrected chi connectivity index (χ4v) is 0.686. The van der Waals surface area contributed by atoms with Crippen molar-refractivity contribution in [2.75, 3.05) is 7.11 Å². The minimum Gasteiger partial charge on any atom is -0.377 e. The highest BCUT2D eigenvalue weighted by molar-refractivity contribution is 4.90. The van der Waals surface area contributed by atoms with Gasteiger partial charge in [0.05, 0.1) is 6.10 Å². The van der Waals surface area contributed by atoms with Crippen LogP contribution < -0.4 is 0 Å². The van der Waals surface area contributed by atoms with E-state index in [0.29, 0.717) is 0 Å². The van der Waals surface area contributed by atoms with E-state index in [0.717, 1.165) is 12.8 Å². The van der Waals surface area contributed by atoms with Gasteiger partial charge in [-0.2, -0.15) is 0 Å². The third-order valence-corrected chi connectivity index (χ3v) is 1.34. The Kier molecular flexibility index (Phi) is 6.19. The smallest absolute Gasteiger partial charge is 0.0783 e. The van der Waals surface area contributed by atoms with Crippen molar-refractivity contribution in [3.8, 4) is 0 Å². The fourth-order valence-electron chi connectivity index (χ4n) is 0.686. The molecular weight excluding hydrogens is 124 g/mol. The Morgan fingerprint density at radius 2 is 2.20 bits per heavy atom. The van der Waals surface area contributed by atoms with Crippen LogP contribution in [0.15, 0.2) is 24.8 Å². The molecule has 0 saturated carbocycles. The third kappa shape index (κ3) is 4.33. The van der Waals surface area contributed by atoms with E-state index in [1.54, 1.807) is 7.11 Å². The van der Waals surface area contributed by atoms with Gasteiger partial charge in [-0.15, -0.1) is 6.58 Å². The lowest BCUT2D eigenvalue weighted by molar-refractivity contribution is 0.144. The average Bonchev–Trinajstić information content (AvgIpc) is 1.99. The summed E-state index contributed by atoms with van der Waals surface area (Å²) in [4.78, 5) is 0. The van der Waals surface area contributed by atoms with Gasteiger partial charge in [-0.1, -0.05) is 25.2 Å². The fraction of sp³-hybridized carbons (Fsp3) is 0.556. The molecule has 0 aliphatic rings. The second-order valence-corrected chi connectivity index (χ2v) is 2.13. The van der Waals surface area contributed by atoms with Crippen LogP contribution in [0.25, 0.3) is 0 Å². The zero-order chi connectivity index (χ0) is 7.82. The van der Waals surface area contributed by atoms with Crippen molar-refractivity contribution < 1.29 is 4.74 Å². The lowest BCUT2D eigenvalue weighted by Crippen LogP contribution is -2.03. The van der Waals surface area contributed by atoms with Crippen LogP contribution in [0, 0.1) is 0 Å². The van der Waals surface area contributed by atoms with Gasteiger partial charge in [0.15, 0.2) is 0 Å². The molecule has 1 nitrogen and oxygen atoms in total. The molecule has 1 atom stereocenters. The van der Waals surface area contributed by atoms with Crippen LogP contribution in [0.3, 0.4) is 0 Å². The molecule has 0 saturated heterocycles. The quantitative estimate of drug-likeness (QED) is 0.533. The summed E-state index contributed by atoms with van der Waals surface area (Å²) in [6.45, 7) is 5.77. The number of hydrogen-bond acceptors (Lipinski definition) is 1. The lowest BCUT2D eigenvalue weighted by atomic mass is 10.2. The molecule has 0 aromatic carbocycles. The summed E-state index contributed by atoms with van der Waals surface area (Å²) in [5, 5.41) is 0. The number of ether oxygens (including phenoxy) is 1. The molecule has 1 heteroatoms. The van der Waals surface area contributed by atoms with E-state index >= 15 is 0 Å². The standard InChI is InChI=1S/C9H16O/c1-4-6-7-8-9(5-2)10-3/h5-7,9H,2,4,8H2,1,3H3/b7-6-. The van der Waals surface area contributed by atoms with Gasteiger partial charge in [0.25, 0.3) is 0 Å². The first-order chi connectivity index (χ1) is 4.85. The highest BCUT2D eigenvalue weighted by Gasteiger charge is 1.95. The first kappa shape index (κ1) is 9.44.